The lowest BCUT2D eigenvalue weighted by atomic mass is 9.71. The molecule has 2 heteroatoms. The molecule has 0 aromatic heterocycles. The van der Waals surface area contributed by atoms with Crippen LogP contribution in [-0.2, 0) is 4.79 Å². The quantitative estimate of drug-likeness (QED) is 0.681. The Bertz CT molecular complexity index is 500. The molecule has 0 bridgehead atoms. The largest absolute Gasteiger partial charge is 0.298 e. The molecule has 0 aliphatic carbocycles. The van der Waals surface area contributed by atoms with Crippen molar-refractivity contribution in [3.63, 3.8) is 0 Å². The molecule has 1 atom stereocenters. The fraction of sp³-hybridized carbons (Fsp3) is 0.562. The van der Waals surface area contributed by atoms with E-state index in [1.54, 1.807) is 0 Å². The molecule has 0 saturated heterocycles. The predicted molar refractivity (Wildman–Crippen MR) is 78.3 cm³/mol. The number of carbonyl (C=O) groups excluding carboxylic acids is 1. The van der Waals surface area contributed by atoms with E-state index in [0.29, 0.717) is 5.78 Å². The Morgan fingerprint density at radius 3 is 2.39 bits per heavy atom. The normalized spacial score (nSPS) is 25.4. The summed E-state index contributed by atoms with van der Waals surface area (Å²) >= 11 is 1.84. The van der Waals surface area contributed by atoms with Crippen LogP contribution in [0.4, 0.5) is 0 Å². The third kappa shape index (κ3) is 1.82. The Morgan fingerprint density at radius 2 is 1.78 bits per heavy atom. The molecule has 1 unspecified atom stereocenters. The Balaban J connectivity index is 2.68. The first-order chi connectivity index (χ1) is 8.18. The molecule has 1 aromatic rings. The van der Waals surface area contributed by atoms with Gasteiger partial charge in [0.05, 0.1) is 0 Å². The molecule has 0 amide bonds. The van der Waals surface area contributed by atoms with Gasteiger partial charge in [0.15, 0.2) is 0 Å². The lowest BCUT2D eigenvalue weighted by Gasteiger charge is -2.38. The second-order valence-corrected chi connectivity index (χ2v) is 7.97. The first-order valence-electron chi connectivity index (χ1n) is 6.51. The molecule has 0 radical (unpaired) electrons. The number of carbonyl (C=O) groups is 1. The third-order valence-electron chi connectivity index (χ3n) is 4.60. The van der Waals surface area contributed by atoms with Crippen LogP contribution in [0.1, 0.15) is 51.7 Å². The Hall–Kier alpha value is -0.760. The van der Waals surface area contributed by atoms with Gasteiger partial charge < -0.3 is 0 Å². The molecule has 1 aliphatic heterocycles. The minimum Gasteiger partial charge on any atom is -0.298 e. The lowest BCUT2D eigenvalue weighted by molar-refractivity contribution is -0.129. The molecule has 98 valence electrons. The zero-order valence-corrected chi connectivity index (χ0v) is 12.9. The molecular weight excluding hydrogens is 240 g/mol. The highest BCUT2D eigenvalue weighted by Crippen LogP contribution is 2.53. The summed E-state index contributed by atoms with van der Waals surface area (Å²) in [6, 6.07) is 6.35. The van der Waals surface area contributed by atoms with Crippen LogP contribution < -0.4 is 0 Å². The number of aryl methyl sites for hydroxylation is 1. The highest BCUT2D eigenvalue weighted by atomic mass is 32.2. The average Bonchev–Trinajstić information content (AvgIpc) is 2.30. The summed E-state index contributed by atoms with van der Waals surface area (Å²) < 4.78 is -0.0859. The molecule has 0 saturated carbocycles. The van der Waals surface area contributed by atoms with Gasteiger partial charge in [0.2, 0.25) is 0 Å². The maximum absolute atomic E-state index is 12.8. The molecule has 1 aliphatic rings. The van der Waals surface area contributed by atoms with E-state index in [2.05, 4.69) is 59.7 Å². The second-order valence-electron chi connectivity index (χ2n) is 6.31. The van der Waals surface area contributed by atoms with E-state index in [9.17, 15) is 4.79 Å². The monoisotopic (exact) mass is 262 g/mol. The van der Waals surface area contributed by atoms with E-state index >= 15 is 0 Å². The van der Waals surface area contributed by atoms with Crippen LogP contribution in [0.15, 0.2) is 23.1 Å². The first kappa shape index (κ1) is 13.7. The topological polar surface area (TPSA) is 17.1 Å². The van der Waals surface area contributed by atoms with Crippen molar-refractivity contribution in [2.45, 2.75) is 57.1 Å². The molecule has 0 fully saturated rings. The SMILES string of the molecule is Cc1cccc2c1C(C)C(=O)C(C)(C)C(C)(C)S2. The number of thioether (sulfide) groups is 1. The fourth-order valence-electron chi connectivity index (χ4n) is 2.67. The number of Topliss-reactive ketones (excluding diaryl/α,β-unsaturated/α-hetero) is 1. The number of benzene rings is 1. The standard InChI is InChI=1S/C16H22OS/c1-10-8-7-9-12-13(10)11(2)14(17)15(3,4)16(5,6)18-12/h7-9,11H,1-6H3. The average molecular weight is 262 g/mol. The lowest BCUT2D eigenvalue weighted by Crippen LogP contribution is -2.43. The van der Waals surface area contributed by atoms with Crippen molar-refractivity contribution in [2.75, 3.05) is 0 Å². The number of ketones is 1. The maximum Gasteiger partial charge on any atom is 0.147 e. The van der Waals surface area contributed by atoms with E-state index in [4.69, 9.17) is 0 Å². The zero-order valence-electron chi connectivity index (χ0n) is 12.1. The van der Waals surface area contributed by atoms with E-state index in [1.807, 2.05) is 11.8 Å². The molecular formula is C16H22OS. The third-order valence-corrected chi connectivity index (χ3v) is 6.19. The van der Waals surface area contributed by atoms with Crippen LogP contribution >= 0.6 is 11.8 Å². The van der Waals surface area contributed by atoms with Crippen molar-refractivity contribution >= 4 is 17.5 Å². The summed E-state index contributed by atoms with van der Waals surface area (Å²) in [4.78, 5) is 14.1. The Morgan fingerprint density at radius 1 is 1.17 bits per heavy atom. The predicted octanol–water partition coefficient (Wildman–Crippen LogP) is 4.58. The summed E-state index contributed by atoms with van der Waals surface area (Å²) in [5.74, 6) is 0.346. The molecule has 1 heterocycles. The Kier molecular flexibility index (Phi) is 3.13. The fourth-order valence-corrected chi connectivity index (χ4v) is 4.17. The molecule has 18 heavy (non-hydrogen) atoms. The smallest absolute Gasteiger partial charge is 0.147 e. The minimum atomic E-state index is -0.317. The summed E-state index contributed by atoms with van der Waals surface area (Å²) in [6.45, 7) is 12.7. The van der Waals surface area contributed by atoms with Crippen LogP contribution in [0.2, 0.25) is 0 Å². The highest BCUT2D eigenvalue weighted by Gasteiger charge is 2.48. The number of rotatable bonds is 0. The molecule has 2 rings (SSSR count). The molecule has 1 nitrogen and oxygen atoms in total. The van der Waals surface area contributed by atoms with Gasteiger partial charge in [0.25, 0.3) is 0 Å². The molecule has 1 aromatic carbocycles. The molecule has 0 spiro atoms. The van der Waals surface area contributed by atoms with E-state index < -0.39 is 0 Å². The second kappa shape index (κ2) is 4.12. The van der Waals surface area contributed by atoms with Gasteiger partial charge in [-0.2, -0.15) is 0 Å². The van der Waals surface area contributed by atoms with Gasteiger partial charge in [0.1, 0.15) is 5.78 Å². The van der Waals surface area contributed by atoms with Gasteiger partial charge in [-0.05, 0) is 38.0 Å². The van der Waals surface area contributed by atoms with Gasteiger partial charge in [-0.3, -0.25) is 4.79 Å². The summed E-state index contributed by atoms with van der Waals surface area (Å²) in [5.41, 5.74) is 2.14. The summed E-state index contributed by atoms with van der Waals surface area (Å²) in [6.07, 6.45) is 0. The Labute approximate surface area is 114 Å². The summed E-state index contributed by atoms with van der Waals surface area (Å²) in [7, 11) is 0. The van der Waals surface area contributed by atoms with Gasteiger partial charge in [-0.1, -0.05) is 32.9 Å². The first-order valence-corrected chi connectivity index (χ1v) is 7.33. The summed E-state index contributed by atoms with van der Waals surface area (Å²) in [5, 5.41) is 0. The molecule has 0 N–H and O–H groups in total. The van der Waals surface area contributed by atoms with Crippen molar-refractivity contribution in [3.05, 3.63) is 29.3 Å². The van der Waals surface area contributed by atoms with E-state index in [0.717, 1.165) is 0 Å². The van der Waals surface area contributed by atoms with E-state index in [-0.39, 0.29) is 16.1 Å². The van der Waals surface area contributed by atoms with Crippen LogP contribution in [0.25, 0.3) is 0 Å². The van der Waals surface area contributed by atoms with Crippen molar-refractivity contribution in [1.29, 1.82) is 0 Å². The van der Waals surface area contributed by atoms with Gasteiger partial charge in [-0.25, -0.2) is 0 Å². The minimum absolute atomic E-state index is 0.00882. The highest BCUT2D eigenvalue weighted by molar-refractivity contribution is 8.00. The van der Waals surface area contributed by atoms with Crippen molar-refractivity contribution in [3.8, 4) is 0 Å². The van der Waals surface area contributed by atoms with Gasteiger partial charge in [0, 0.05) is 21.0 Å². The van der Waals surface area contributed by atoms with Crippen LogP contribution in [0, 0.1) is 12.3 Å². The van der Waals surface area contributed by atoms with Crippen molar-refractivity contribution in [2.24, 2.45) is 5.41 Å². The van der Waals surface area contributed by atoms with Gasteiger partial charge in [-0.15, -0.1) is 11.8 Å². The van der Waals surface area contributed by atoms with Crippen LogP contribution in [0.5, 0.6) is 0 Å². The van der Waals surface area contributed by atoms with Crippen LogP contribution in [0.3, 0.4) is 0 Å². The zero-order chi connectivity index (χ0) is 13.7. The van der Waals surface area contributed by atoms with E-state index in [1.165, 1.54) is 16.0 Å². The number of hydrogen-bond donors (Lipinski definition) is 0. The maximum atomic E-state index is 12.8. The van der Waals surface area contributed by atoms with Gasteiger partial charge >= 0.3 is 0 Å². The number of hydrogen-bond acceptors (Lipinski definition) is 2. The van der Waals surface area contributed by atoms with Crippen molar-refractivity contribution in [1.82, 2.24) is 0 Å². The number of fused-ring (bicyclic) bond motifs is 1. The van der Waals surface area contributed by atoms with Crippen LogP contribution in [-0.4, -0.2) is 10.5 Å². The van der Waals surface area contributed by atoms with Crippen molar-refractivity contribution < 1.29 is 4.79 Å².